The van der Waals surface area contributed by atoms with Crippen molar-refractivity contribution >= 4 is 34.1 Å². The highest BCUT2D eigenvalue weighted by Crippen LogP contribution is 2.35. The molecule has 0 aliphatic heterocycles. The number of carbonyl (C=O) groups excluding carboxylic acids is 3. The van der Waals surface area contributed by atoms with Crippen LogP contribution in [0.5, 0.6) is 0 Å². The molecule has 7 heteroatoms. The number of nitrogens with one attached hydrogen (secondary N) is 2. The predicted molar refractivity (Wildman–Crippen MR) is 103 cm³/mol. The summed E-state index contributed by atoms with van der Waals surface area (Å²) < 4.78 is 4.86. The lowest BCUT2D eigenvalue weighted by Gasteiger charge is -2.20. The topological polar surface area (TPSA) is 84.5 Å². The van der Waals surface area contributed by atoms with Crippen LogP contribution in [-0.4, -0.2) is 31.4 Å². The molecule has 1 fully saturated rings. The molecular weight excluding hydrogens is 352 g/mol. The Balaban J connectivity index is 2.22. The first-order valence-corrected chi connectivity index (χ1v) is 10.1. The van der Waals surface area contributed by atoms with Crippen LogP contribution in [0.1, 0.15) is 77.5 Å². The molecule has 0 bridgehead atoms. The quantitative estimate of drug-likeness (QED) is 0.555. The smallest absolute Gasteiger partial charge is 0.341 e. The largest absolute Gasteiger partial charge is 0.465 e. The average molecular weight is 381 g/mol. The Bertz CT molecular complexity index is 663. The van der Waals surface area contributed by atoms with Crippen molar-refractivity contribution in [2.75, 3.05) is 19.0 Å². The minimum absolute atomic E-state index is 0.0292. The van der Waals surface area contributed by atoms with Gasteiger partial charge in [-0.05, 0) is 31.7 Å². The molecule has 6 nitrogen and oxygen atoms in total. The monoisotopic (exact) mass is 380 g/mol. The van der Waals surface area contributed by atoms with Crippen LogP contribution in [0.3, 0.4) is 0 Å². The van der Waals surface area contributed by atoms with E-state index in [4.69, 9.17) is 4.74 Å². The summed E-state index contributed by atoms with van der Waals surface area (Å²) in [4.78, 5) is 37.7. The summed E-state index contributed by atoms with van der Waals surface area (Å²) >= 11 is 1.14. The van der Waals surface area contributed by atoms with Crippen LogP contribution in [-0.2, 0) is 9.53 Å². The first-order chi connectivity index (χ1) is 12.5. The van der Waals surface area contributed by atoms with Gasteiger partial charge in [0, 0.05) is 12.5 Å². The van der Waals surface area contributed by atoms with Gasteiger partial charge in [0.1, 0.15) is 5.00 Å². The molecule has 0 aromatic carbocycles. The van der Waals surface area contributed by atoms with Crippen LogP contribution < -0.4 is 10.6 Å². The van der Waals surface area contributed by atoms with Gasteiger partial charge in [0.2, 0.25) is 5.91 Å². The fourth-order valence-electron chi connectivity index (χ4n) is 3.20. The highest BCUT2D eigenvalue weighted by molar-refractivity contribution is 7.18. The summed E-state index contributed by atoms with van der Waals surface area (Å²) in [7, 11) is 1.30. The van der Waals surface area contributed by atoms with E-state index in [1.165, 1.54) is 7.11 Å². The molecule has 1 saturated carbocycles. The second-order valence-electron chi connectivity index (χ2n) is 6.69. The van der Waals surface area contributed by atoms with Gasteiger partial charge in [-0.1, -0.05) is 32.6 Å². The van der Waals surface area contributed by atoms with Crippen molar-refractivity contribution in [3.05, 3.63) is 16.0 Å². The number of ether oxygens (including phenoxy) is 1. The minimum Gasteiger partial charge on any atom is -0.465 e. The van der Waals surface area contributed by atoms with E-state index < -0.39 is 5.97 Å². The molecule has 1 aliphatic rings. The van der Waals surface area contributed by atoms with Crippen LogP contribution >= 0.6 is 11.3 Å². The van der Waals surface area contributed by atoms with Crippen molar-refractivity contribution in [3.8, 4) is 0 Å². The van der Waals surface area contributed by atoms with Gasteiger partial charge in [0.25, 0.3) is 5.91 Å². The van der Waals surface area contributed by atoms with E-state index in [1.54, 1.807) is 6.92 Å². The highest BCUT2D eigenvalue weighted by Gasteiger charge is 2.28. The molecule has 0 atom stereocenters. The molecular formula is C19H28N2O4S. The zero-order valence-electron chi connectivity index (χ0n) is 15.8. The van der Waals surface area contributed by atoms with E-state index in [0.29, 0.717) is 22.0 Å². The number of methoxy groups -OCH3 is 1. The first-order valence-electron chi connectivity index (χ1n) is 9.30. The van der Waals surface area contributed by atoms with Crippen LogP contribution in [0, 0.1) is 12.8 Å². The van der Waals surface area contributed by atoms with Crippen LogP contribution in [0.2, 0.25) is 0 Å². The number of hydrogen-bond donors (Lipinski definition) is 2. The van der Waals surface area contributed by atoms with Crippen molar-refractivity contribution in [2.24, 2.45) is 5.92 Å². The van der Waals surface area contributed by atoms with Gasteiger partial charge in [-0.15, -0.1) is 11.3 Å². The van der Waals surface area contributed by atoms with Crippen molar-refractivity contribution < 1.29 is 19.1 Å². The molecule has 2 amide bonds. The fraction of sp³-hybridized carbons (Fsp3) is 0.632. The number of unbranched alkanes of at least 4 members (excludes halogenated alkanes) is 1. The Hall–Kier alpha value is -1.89. The number of carbonyl (C=O) groups is 3. The minimum atomic E-state index is -0.537. The van der Waals surface area contributed by atoms with Crippen LogP contribution in [0.25, 0.3) is 0 Å². The van der Waals surface area contributed by atoms with E-state index in [1.807, 2.05) is 0 Å². The first kappa shape index (κ1) is 20.4. The Kier molecular flexibility index (Phi) is 7.63. The van der Waals surface area contributed by atoms with Gasteiger partial charge in [-0.2, -0.15) is 0 Å². The summed E-state index contributed by atoms with van der Waals surface area (Å²) in [6.45, 7) is 4.36. The van der Waals surface area contributed by atoms with E-state index >= 15 is 0 Å². The summed E-state index contributed by atoms with van der Waals surface area (Å²) in [6, 6.07) is 0. The molecule has 1 aromatic heterocycles. The average Bonchev–Trinajstić information content (AvgIpc) is 2.98. The van der Waals surface area contributed by atoms with E-state index in [-0.39, 0.29) is 23.3 Å². The highest BCUT2D eigenvalue weighted by atomic mass is 32.1. The summed E-state index contributed by atoms with van der Waals surface area (Å²) in [5.74, 6) is -0.859. The van der Waals surface area contributed by atoms with E-state index in [0.717, 1.165) is 56.3 Å². The van der Waals surface area contributed by atoms with Gasteiger partial charge >= 0.3 is 5.97 Å². The standard InChI is InChI=1S/C19H28N2O4S/c1-4-5-11-20-17(23)15-12(2)14(19(24)25-3)18(26-15)21-16(22)13-9-7-6-8-10-13/h13H,4-11H2,1-3H3,(H,20,23)(H,21,22). The Morgan fingerprint density at radius 2 is 1.88 bits per heavy atom. The molecule has 1 aromatic rings. The summed E-state index contributed by atoms with van der Waals surface area (Å²) in [6.07, 6.45) is 6.89. The third kappa shape index (κ3) is 4.84. The second kappa shape index (κ2) is 9.71. The molecule has 26 heavy (non-hydrogen) atoms. The van der Waals surface area contributed by atoms with Gasteiger partial charge in [0.05, 0.1) is 17.6 Å². The number of esters is 1. The van der Waals surface area contributed by atoms with Gasteiger partial charge < -0.3 is 15.4 Å². The predicted octanol–water partition coefficient (Wildman–Crippen LogP) is 3.89. The van der Waals surface area contributed by atoms with E-state index in [2.05, 4.69) is 17.6 Å². The molecule has 2 rings (SSSR count). The second-order valence-corrected chi connectivity index (χ2v) is 7.71. The normalized spacial score (nSPS) is 14.7. The third-order valence-corrected chi connectivity index (χ3v) is 5.98. The lowest BCUT2D eigenvalue weighted by atomic mass is 9.89. The molecule has 2 N–H and O–H groups in total. The Labute approximate surface area is 158 Å². The number of amides is 2. The van der Waals surface area contributed by atoms with Gasteiger partial charge in [0.15, 0.2) is 0 Å². The van der Waals surface area contributed by atoms with Crippen molar-refractivity contribution in [2.45, 2.75) is 58.8 Å². The van der Waals surface area contributed by atoms with Crippen molar-refractivity contribution in [3.63, 3.8) is 0 Å². The van der Waals surface area contributed by atoms with Crippen molar-refractivity contribution in [1.29, 1.82) is 0 Å². The maximum atomic E-state index is 12.6. The fourth-order valence-corrected chi connectivity index (χ4v) is 4.32. The number of hydrogen-bond acceptors (Lipinski definition) is 5. The molecule has 1 aliphatic carbocycles. The maximum Gasteiger partial charge on any atom is 0.341 e. The maximum absolute atomic E-state index is 12.6. The Morgan fingerprint density at radius 3 is 2.50 bits per heavy atom. The molecule has 0 spiro atoms. The Morgan fingerprint density at radius 1 is 1.19 bits per heavy atom. The van der Waals surface area contributed by atoms with Gasteiger partial charge in [-0.25, -0.2) is 4.79 Å². The van der Waals surface area contributed by atoms with Crippen LogP contribution in [0.15, 0.2) is 0 Å². The summed E-state index contributed by atoms with van der Waals surface area (Å²) in [5, 5.41) is 6.15. The molecule has 144 valence electrons. The lowest BCUT2D eigenvalue weighted by Crippen LogP contribution is -2.25. The summed E-state index contributed by atoms with van der Waals surface area (Å²) in [5.41, 5.74) is 0.831. The van der Waals surface area contributed by atoms with Gasteiger partial charge in [-0.3, -0.25) is 9.59 Å². The molecule has 1 heterocycles. The number of rotatable bonds is 7. The third-order valence-electron chi connectivity index (χ3n) is 4.77. The lowest BCUT2D eigenvalue weighted by molar-refractivity contribution is -0.120. The van der Waals surface area contributed by atoms with E-state index in [9.17, 15) is 14.4 Å². The molecule has 0 radical (unpaired) electrons. The number of thiophene rings is 1. The SMILES string of the molecule is CCCCNC(=O)c1sc(NC(=O)C2CCCCC2)c(C(=O)OC)c1C. The zero-order chi connectivity index (χ0) is 19.1. The van der Waals surface area contributed by atoms with Crippen molar-refractivity contribution in [1.82, 2.24) is 5.32 Å². The molecule has 0 unspecified atom stereocenters. The zero-order valence-corrected chi connectivity index (χ0v) is 16.6. The van der Waals surface area contributed by atoms with Crippen LogP contribution in [0.4, 0.5) is 5.00 Å². The molecule has 0 saturated heterocycles. The number of anilines is 1.